The topological polar surface area (TPSA) is 56.1 Å². The first-order chi connectivity index (χ1) is 14.3. The molecule has 0 aliphatic carbocycles. The normalized spacial score (nSPS) is 20.3. The van der Waals surface area contributed by atoms with Crippen LogP contribution in [0.5, 0.6) is 5.75 Å². The molecule has 4 heterocycles. The largest absolute Gasteiger partial charge is 0.490 e. The third-order valence-corrected chi connectivity index (χ3v) is 5.84. The molecule has 2 aromatic heterocycles. The van der Waals surface area contributed by atoms with Crippen LogP contribution in [0.2, 0.25) is 0 Å². The van der Waals surface area contributed by atoms with Crippen molar-refractivity contribution >= 4 is 11.6 Å². The second kappa shape index (κ2) is 7.87. The monoisotopic (exact) mass is 391 g/mol. The summed E-state index contributed by atoms with van der Waals surface area (Å²) in [7, 11) is 0. The second-order valence-corrected chi connectivity index (χ2v) is 7.78. The van der Waals surface area contributed by atoms with Crippen LogP contribution in [0.25, 0.3) is 16.8 Å². The Balaban J connectivity index is 1.18. The van der Waals surface area contributed by atoms with Crippen LogP contribution in [0.3, 0.4) is 0 Å². The molecule has 1 aromatic carbocycles. The van der Waals surface area contributed by atoms with Gasteiger partial charge in [0.05, 0.1) is 0 Å². The van der Waals surface area contributed by atoms with Gasteiger partial charge in [-0.3, -0.25) is 4.79 Å². The summed E-state index contributed by atoms with van der Waals surface area (Å²) in [5.74, 6) is 1.03. The standard InChI is InChI=1S/C23H25N3O3/c27-23(21-2-1-15-28-21)25-12-9-20(10-13-25)29-19-6-3-17(4-7-19)18-5-8-22-24-11-14-26(22)16-18/h3-8,11,14,16,20-21H,1-2,9-10,12-13,15H2. The Hall–Kier alpha value is -2.86. The SMILES string of the molecule is O=C(C1CCCO1)N1CCC(Oc2ccc(-c3ccc4nccn4c3)cc2)CC1. The Morgan fingerprint density at radius 3 is 2.59 bits per heavy atom. The maximum absolute atomic E-state index is 12.5. The molecular formula is C23H25N3O3. The van der Waals surface area contributed by atoms with Gasteiger partial charge in [0.2, 0.25) is 0 Å². The van der Waals surface area contributed by atoms with Crippen molar-refractivity contribution in [2.24, 2.45) is 0 Å². The predicted molar refractivity (Wildman–Crippen MR) is 110 cm³/mol. The minimum atomic E-state index is -0.221. The summed E-state index contributed by atoms with van der Waals surface area (Å²) in [4.78, 5) is 18.7. The molecule has 0 bridgehead atoms. The average molecular weight is 391 g/mol. The van der Waals surface area contributed by atoms with E-state index in [1.165, 1.54) is 0 Å². The van der Waals surface area contributed by atoms with E-state index in [-0.39, 0.29) is 18.1 Å². The minimum Gasteiger partial charge on any atom is -0.490 e. The summed E-state index contributed by atoms with van der Waals surface area (Å²) < 4.78 is 13.7. The molecule has 1 unspecified atom stereocenters. The van der Waals surface area contributed by atoms with Gasteiger partial charge in [-0.1, -0.05) is 12.1 Å². The van der Waals surface area contributed by atoms with Gasteiger partial charge in [0.25, 0.3) is 5.91 Å². The molecule has 6 heteroatoms. The van der Waals surface area contributed by atoms with Crippen LogP contribution in [-0.4, -0.2) is 52.1 Å². The van der Waals surface area contributed by atoms with E-state index in [0.29, 0.717) is 6.61 Å². The third-order valence-electron chi connectivity index (χ3n) is 5.84. The molecule has 150 valence electrons. The van der Waals surface area contributed by atoms with Crippen LogP contribution in [0.4, 0.5) is 0 Å². The first-order valence-electron chi connectivity index (χ1n) is 10.4. The lowest BCUT2D eigenvalue weighted by Gasteiger charge is -2.33. The molecule has 0 N–H and O–H groups in total. The van der Waals surface area contributed by atoms with Crippen LogP contribution < -0.4 is 4.74 Å². The van der Waals surface area contributed by atoms with Gasteiger partial charge in [0, 0.05) is 51.1 Å². The van der Waals surface area contributed by atoms with Crippen LogP contribution >= 0.6 is 0 Å². The highest BCUT2D eigenvalue weighted by atomic mass is 16.5. The number of imidazole rings is 1. The maximum Gasteiger partial charge on any atom is 0.251 e. The zero-order chi connectivity index (χ0) is 19.6. The summed E-state index contributed by atoms with van der Waals surface area (Å²) >= 11 is 0. The number of pyridine rings is 1. The van der Waals surface area contributed by atoms with E-state index < -0.39 is 0 Å². The van der Waals surface area contributed by atoms with Gasteiger partial charge in [-0.05, 0) is 48.2 Å². The lowest BCUT2D eigenvalue weighted by atomic mass is 10.1. The van der Waals surface area contributed by atoms with E-state index in [0.717, 1.165) is 61.3 Å². The molecule has 29 heavy (non-hydrogen) atoms. The molecule has 0 spiro atoms. The average Bonchev–Trinajstić information content (AvgIpc) is 3.46. The lowest BCUT2D eigenvalue weighted by Crippen LogP contribution is -2.45. The maximum atomic E-state index is 12.5. The van der Waals surface area contributed by atoms with Crippen LogP contribution in [-0.2, 0) is 9.53 Å². The van der Waals surface area contributed by atoms with E-state index in [9.17, 15) is 4.79 Å². The minimum absolute atomic E-state index is 0.150. The number of likely N-dealkylation sites (tertiary alicyclic amines) is 1. The first-order valence-corrected chi connectivity index (χ1v) is 10.4. The number of nitrogens with zero attached hydrogens (tertiary/aromatic N) is 3. The van der Waals surface area contributed by atoms with Gasteiger partial charge >= 0.3 is 0 Å². The Kier molecular flexibility index (Phi) is 4.94. The second-order valence-electron chi connectivity index (χ2n) is 7.78. The number of ether oxygens (including phenoxy) is 2. The van der Waals surface area contributed by atoms with Gasteiger partial charge in [-0.2, -0.15) is 0 Å². The Labute approximate surface area is 170 Å². The molecule has 1 amide bonds. The number of carbonyl (C=O) groups is 1. The number of rotatable bonds is 4. The van der Waals surface area contributed by atoms with Gasteiger partial charge in [0.15, 0.2) is 0 Å². The number of aromatic nitrogens is 2. The van der Waals surface area contributed by atoms with Gasteiger partial charge in [-0.15, -0.1) is 0 Å². The highest BCUT2D eigenvalue weighted by molar-refractivity contribution is 5.81. The number of amides is 1. The number of carbonyl (C=O) groups excluding carboxylic acids is 1. The number of hydrogen-bond donors (Lipinski definition) is 0. The van der Waals surface area contributed by atoms with E-state index >= 15 is 0 Å². The quantitative estimate of drug-likeness (QED) is 0.683. The number of fused-ring (bicyclic) bond motifs is 1. The Morgan fingerprint density at radius 2 is 1.83 bits per heavy atom. The van der Waals surface area contributed by atoms with Crippen molar-refractivity contribution in [2.45, 2.75) is 37.9 Å². The van der Waals surface area contributed by atoms with Gasteiger partial charge in [-0.25, -0.2) is 4.98 Å². The van der Waals surface area contributed by atoms with Gasteiger partial charge < -0.3 is 18.8 Å². The van der Waals surface area contributed by atoms with Crippen molar-refractivity contribution in [1.29, 1.82) is 0 Å². The molecular weight excluding hydrogens is 366 g/mol. The van der Waals surface area contributed by atoms with Crippen molar-refractivity contribution < 1.29 is 14.3 Å². The molecule has 5 rings (SSSR count). The van der Waals surface area contributed by atoms with Crippen molar-refractivity contribution in [3.8, 4) is 16.9 Å². The number of piperidine rings is 1. The molecule has 2 fully saturated rings. The van der Waals surface area contributed by atoms with Crippen molar-refractivity contribution in [3.63, 3.8) is 0 Å². The molecule has 6 nitrogen and oxygen atoms in total. The zero-order valence-corrected chi connectivity index (χ0v) is 16.4. The molecule has 2 saturated heterocycles. The van der Waals surface area contributed by atoms with E-state index in [2.05, 4.69) is 29.4 Å². The van der Waals surface area contributed by atoms with Crippen molar-refractivity contribution in [2.75, 3.05) is 19.7 Å². The fourth-order valence-electron chi connectivity index (χ4n) is 4.18. The summed E-state index contributed by atoms with van der Waals surface area (Å²) in [5, 5.41) is 0. The smallest absolute Gasteiger partial charge is 0.251 e. The van der Waals surface area contributed by atoms with Crippen LogP contribution in [0.15, 0.2) is 55.0 Å². The fourth-order valence-corrected chi connectivity index (χ4v) is 4.18. The van der Waals surface area contributed by atoms with E-state index in [1.807, 2.05) is 33.7 Å². The van der Waals surface area contributed by atoms with Crippen molar-refractivity contribution in [3.05, 3.63) is 55.0 Å². The molecule has 3 aromatic rings. The summed E-state index contributed by atoms with van der Waals surface area (Å²) in [6.45, 7) is 2.20. The predicted octanol–water partition coefficient (Wildman–Crippen LogP) is 3.55. The number of benzene rings is 1. The summed E-state index contributed by atoms with van der Waals surface area (Å²) in [6, 6.07) is 12.3. The van der Waals surface area contributed by atoms with Crippen LogP contribution in [0.1, 0.15) is 25.7 Å². The molecule has 2 aliphatic rings. The van der Waals surface area contributed by atoms with Gasteiger partial charge in [0.1, 0.15) is 23.6 Å². The molecule has 1 atom stereocenters. The third kappa shape index (κ3) is 3.85. The van der Waals surface area contributed by atoms with Crippen LogP contribution in [0, 0.1) is 0 Å². The molecule has 2 aliphatic heterocycles. The zero-order valence-electron chi connectivity index (χ0n) is 16.4. The number of hydrogen-bond acceptors (Lipinski definition) is 4. The Morgan fingerprint density at radius 1 is 1.03 bits per heavy atom. The molecule has 0 saturated carbocycles. The first kappa shape index (κ1) is 18.2. The highest BCUT2D eigenvalue weighted by Crippen LogP contribution is 2.25. The summed E-state index contributed by atoms with van der Waals surface area (Å²) in [5.41, 5.74) is 3.23. The van der Waals surface area contributed by atoms with E-state index in [1.54, 1.807) is 6.20 Å². The Bertz CT molecular complexity index is 984. The fraction of sp³-hybridized carbons (Fsp3) is 0.391. The summed E-state index contributed by atoms with van der Waals surface area (Å²) in [6.07, 6.45) is 9.33. The van der Waals surface area contributed by atoms with E-state index in [4.69, 9.17) is 9.47 Å². The highest BCUT2D eigenvalue weighted by Gasteiger charge is 2.31. The lowest BCUT2D eigenvalue weighted by molar-refractivity contribution is -0.142. The van der Waals surface area contributed by atoms with Crippen molar-refractivity contribution in [1.82, 2.24) is 14.3 Å². The molecule has 0 radical (unpaired) electrons.